The molecule has 0 aliphatic rings. The van der Waals surface area contributed by atoms with Crippen LogP contribution in [-0.2, 0) is 0 Å². The van der Waals surface area contributed by atoms with Crippen LogP contribution in [0, 0.1) is 0 Å². The molecule has 46 heavy (non-hydrogen) atoms. The first-order valence-corrected chi connectivity index (χ1v) is 15.6. The van der Waals surface area contributed by atoms with E-state index in [2.05, 4.69) is 150 Å². The van der Waals surface area contributed by atoms with Crippen LogP contribution < -0.4 is 10.6 Å². The summed E-state index contributed by atoms with van der Waals surface area (Å²) in [5, 5.41) is 5.74. The van der Waals surface area contributed by atoms with E-state index in [-0.39, 0.29) is 0 Å². The first-order valence-electron chi connectivity index (χ1n) is 15.6. The SMILES string of the molecule is C/C=C\c1c(N)oc2cc3cc(N(c4ccc(-c5ccccc5)cc4)c4ccc(-c5cccc6ccccc56)cc4)ccc3cc12. The van der Waals surface area contributed by atoms with Crippen LogP contribution in [0.15, 0.2) is 162 Å². The van der Waals surface area contributed by atoms with E-state index in [0.717, 1.165) is 44.4 Å². The zero-order valence-electron chi connectivity index (χ0n) is 25.5. The molecule has 0 fully saturated rings. The molecule has 7 aromatic carbocycles. The zero-order valence-corrected chi connectivity index (χ0v) is 25.5. The smallest absolute Gasteiger partial charge is 0.198 e. The number of nitrogen functional groups attached to an aromatic ring is 1. The third-order valence-corrected chi connectivity index (χ3v) is 8.75. The van der Waals surface area contributed by atoms with Gasteiger partial charge >= 0.3 is 0 Å². The summed E-state index contributed by atoms with van der Waals surface area (Å²) < 4.78 is 5.98. The molecule has 220 valence electrons. The average Bonchev–Trinajstić information content (AvgIpc) is 3.41. The number of anilines is 4. The molecule has 8 aromatic rings. The molecule has 0 bridgehead atoms. The van der Waals surface area contributed by atoms with Gasteiger partial charge in [-0.2, -0.15) is 0 Å². The Hall–Kier alpha value is -6.06. The van der Waals surface area contributed by atoms with Crippen molar-refractivity contribution in [3.05, 3.63) is 163 Å². The molecule has 0 unspecified atom stereocenters. The van der Waals surface area contributed by atoms with Crippen molar-refractivity contribution >= 4 is 61.5 Å². The predicted octanol–water partition coefficient (Wildman–Crippen LogP) is 12.2. The Bertz CT molecular complexity index is 2360. The Morgan fingerprint density at radius 3 is 1.93 bits per heavy atom. The third kappa shape index (κ3) is 4.89. The Labute approximate surface area is 268 Å². The van der Waals surface area contributed by atoms with Crippen molar-refractivity contribution in [2.75, 3.05) is 10.6 Å². The Balaban J connectivity index is 1.24. The van der Waals surface area contributed by atoms with Crippen molar-refractivity contribution < 1.29 is 4.42 Å². The van der Waals surface area contributed by atoms with Crippen molar-refractivity contribution in [2.45, 2.75) is 6.92 Å². The molecule has 0 atom stereocenters. The number of hydrogen-bond acceptors (Lipinski definition) is 3. The molecule has 2 N–H and O–H groups in total. The quantitative estimate of drug-likeness (QED) is 0.209. The first kappa shape index (κ1) is 27.5. The second kappa shape index (κ2) is 11.5. The zero-order chi connectivity index (χ0) is 31.0. The number of nitrogens with zero attached hydrogens (tertiary/aromatic N) is 1. The van der Waals surface area contributed by atoms with Crippen molar-refractivity contribution in [3.8, 4) is 22.3 Å². The van der Waals surface area contributed by atoms with Crippen molar-refractivity contribution in [1.29, 1.82) is 0 Å². The van der Waals surface area contributed by atoms with E-state index in [1.54, 1.807) is 0 Å². The molecule has 1 aromatic heterocycles. The van der Waals surface area contributed by atoms with Gasteiger partial charge in [0.1, 0.15) is 5.58 Å². The van der Waals surface area contributed by atoms with Crippen molar-refractivity contribution in [3.63, 3.8) is 0 Å². The summed E-state index contributed by atoms with van der Waals surface area (Å²) in [6.07, 6.45) is 3.99. The van der Waals surface area contributed by atoms with Crippen LogP contribution in [0.25, 0.3) is 60.8 Å². The topological polar surface area (TPSA) is 42.4 Å². The molecule has 0 spiro atoms. The lowest BCUT2D eigenvalue weighted by molar-refractivity contribution is 0.637. The second-order valence-electron chi connectivity index (χ2n) is 11.6. The number of hydrogen-bond donors (Lipinski definition) is 1. The highest BCUT2D eigenvalue weighted by molar-refractivity contribution is 6.03. The molecule has 0 amide bonds. The van der Waals surface area contributed by atoms with Gasteiger partial charge in [-0.05, 0) is 99.3 Å². The minimum atomic E-state index is 0.440. The van der Waals surface area contributed by atoms with Gasteiger partial charge in [0, 0.05) is 28.0 Å². The molecule has 0 saturated heterocycles. The maximum Gasteiger partial charge on any atom is 0.198 e. The van der Waals surface area contributed by atoms with Crippen LogP contribution in [0.5, 0.6) is 0 Å². The molecule has 1 heterocycles. The number of allylic oxidation sites excluding steroid dienone is 1. The van der Waals surface area contributed by atoms with Crippen LogP contribution in [0.4, 0.5) is 22.9 Å². The fourth-order valence-electron chi connectivity index (χ4n) is 6.49. The summed E-state index contributed by atoms with van der Waals surface area (Å²) >= 11 is 0. The summed E-state index contributed by atoms with van der Waals surface area (Å²) in [7, 11) is 0. The number of fused-ring (bicyclic) bond motifs is 3. The van der Waals surface area contributed by atoms with E-state index in [1.807, 2.05) is 25.1 Å². The van der Waals surface area contributed by atoms with Gasteiger partial charge in [0.05, 0.1) is 0 Å². The Morgan fingerprint density at radius 1 is 0.522 bits per heavy atom. The highest BCUT2D eigenvalue weighted by Gasteiger charge is 2.16. The fourth-order valence-corrected chi connectivity index (χ4v) is 6.49. The minimum absolute atomic E-state index is 0.440. The number of furan rings is 1. The third-order valence-electron chi connectivity index (χ3n) is 8.75. The van der Waals surface area contributed by atoms with Gasteiger partial charge < -0.3 is 15.1 Å². The molecule has 0 saturated carbocycles. The summed E-state index contributed by atoms with van der Waals surface area (Å²) in [6, 6.07) is 54.1. The molecule has 8 rings (SSSR count). The average molecular weight is 593 g/mol. The lowest BCUT2D eigenvalue weighted by Crippen LogP contribution is -2.09. The summed E-state index contributed by atoms with van der Waals surface area (Å²) in [5.41, 5.74) is 16.0. The second-order valence-corrected chi connectivity index (χ2v) is 11.6. The van der Waals surface area contributed by atoms with E-state index in [9.17, 15) is 0 Å². The van der Waals surface area contributed by atoms with Gasteiger partial charge in [0.25, 0.3) is 0 Å². The monoisotopic (exact) mass is 592 g/mol. The van der Waals surface area contributed by atoms with E-state index >= 15 is 0 Å². The highest BCUT2D eigenvalue weighted by atomic mass is 16.3. The van der Waals surface area contributed by atoms with Crippen molar-refractivity contribution in [2.24, 2.45) is 0 Å². The fraction of sp³-hybridized carbons (Fsp3) is 0.0233. The van der Waals surface area contributed by atoms with E-state index in [1.165, 1.54) is 33.0 Å². The van der Waals surface area contributed by atoms with E-state index < -0.39 is 0 Å². The minimum Gasteiger partial charge on any atom is -0.440 e. The molecular formula is C43H32N2O. The van der Waals surface area contributed by atoms with Gasteiger partial charge in [0.15, 0.2) is 5.88 Å². The van der Waals surface area contributed by atoms with Crippen LogP contribution >= 0.6 is 0 Å². The van der Waals surface area contributed by atoms with E-state index in [4.69, 9.17) is 10.2 Å². The van der Waals surface area contributed by atoms with Crippen molar-refractivity contribution in [1.82, 2.24) is 0 Å². The standard InChI is InChI=1S/C43H32N2O/c1-2-9-40-41-27-33-20-25-37(26-34(33)28-42(41)46-43(40)44)45(35-21-16-30(17-22-35)29-10-4-3-5-11-29)36-23-18-32(19-24-36)39-15-8-13-31-12-6-7-14-38(31)39/h2-28H,44H2,1H3/b9-2-. The molecular weight excluding hydrogens is 560 g/mol. The van der Waals surface area contributed by atoms with Gasteiger partial charge in [-0.25, -0.2) is 0 Å². The number of rotatable bonds is 6. The van der Waals surface area contributed by atoms with Crippen LogP contribution in [0.3, 0.4) is 0 Å². The van der Waals surface area contributed by atoms with Crippen LogP contribution in [0.1, 0.15) is 12.5 Å². The molecule has 3 heteroatoms. The normalized spacial score (nSPS) is 11.6. The molecule has 0 aliphatic heterocycles. The molecule has 0 radical (unpaired) electrons. The molecule has 0 aliphatic carbocycles. The number of nitrogens with two attached hydrogens (primary N) is 1. The lowest BCUT2D eigenvalue weighted by Gasteiger charge is -2.26. The number of benzene rings is 7. The summed E-state index contributed by atoms with van der Waals surface area (Å²) in [5.74, 6) is 0.440. The summed E-state index contributed by atoms with van der Waals surface area (Å²) in [6.45, 7) is 1.99. The maximum atomic E-state index is 6.25. The highest BCUT2D eigenvalue weighted by Crippen LogP contribution is 2.40. The van der Waals surface area contributed by atoms with Gasteiger partial charge in [-0.15, -0.1) is 0 Å². The largest absolute Gasteiger partial charge is 0.440 e. The lowest BCUT2D eigenvalue weighted by atomic mass is 9.98. The van der Waals surface area contributed by atoms with E-state index in [0.29, 0.717) is 5.88 Å². The van der Waals surface area contributed by atoms with Gasteiger partial charge in [0.2, 0.25) is 0 Å². The Kier molecular flexibility index (Phi) is 6.85. The Morgan fingerprint density at radius 2 is 1.17 bits per heavy atom. The van der Waals surface area contributed by atoms with Gasteiger partial charge in [-0.3, -0.25) is 0 Å². The first-order chi connectivity index (χ1) is 22.7. The van der Waals surface area contributed by atoms with Crippen LogP contribution in [-0.4, -0.2) is 0 Å². The summed E-state index contributed by atoms with van der Waals surface area (Å²) in [4.78, 5) is 2.31. The predicted molar refractivity (Wildman–Crippen MR) is 196 cm³/mol. The maximum absolute atomic E-state index is 6.25. The van der Waals surface area contributed by atoms with Gasteiger partial charge in [-0.1, -0.05) is 115 Å². The van der Waals surface area contributed by atoms with Crippen LogP contribution in [0.2, 0.25) is 0 Å². The molecule has 3 nitrogen and oxygen atoms in total.